The van der Waals surface area contributed by atoms with Crippen LogP contribution in [0.4, 0.5) is 0 Å². The largest absolute Gasteiger partial charge is 0.462 e. The van der Waals surface area contributed by atoms with E-state index in [1.165, 1.54) is 16.2 Å². The van der Waals surface area contributed by atoms with E-state index in [2.05, 4.69) is 27.0 Å². The number of ether oxygens (including phenoxy) is 2. The van der Waals surface area contributed by atoms with E-state index in [1.54, 1.807) is 0 Å². The SMILES string of the molecule is C=C1CCC[C@@]2(C)C[C@@H]3OC(=O)[C@H](CN(O)C[C@@H]4C(=O)O[C@@H]5C[C@@]6(C)CCCC(=C)[C@@H]6C[C@@H]45)[C@@H]3C[C@H]12. The Morgan fingerprint density at radius 1 is 0.833 bits per heavy atom. The molecular weight excluding hydrogens is 454 g/mol. The van der Waals surface area contributed by atoms with E-state index in [9.17, 15) is 14.8 Å². The van der Waals surface area contributed by atoms with Gasteiger partial charge in [-0.1, -0.05) is 38.2 Å². The number of rotatable bonds is 4. The zero-order valence-electron chi connectivity index (χ0n) is 22.0. The summed E-state index contributed by atoms with van der Waals surface area (Å²) in [5, 5.41) is 12.3. The lowest BCUT2D eigenvalue weighted by Crippen LogP contribution is -2.47. The second-order valence-electron chi connectivity index (χ2n) is 13.7. The van der Waals surface area contributed by atoms with Gasteiger partial charge in [-0.05, 0) is 86.9 Å². The molecular formula is C30H43NO5. The first-order chi connectivity index (χ1) is 17.1. The Hall–Kier alpha value is -1.66. The Morgan fingerprint density at radius 2 is 1.25 bits per heavy atom. The van der Waals surface area contributed by atoms with Crippen LogP contribution in [0.2, 0.25) is 0 Å². The molecule has 6 heteroatoms. The zero-order valence-corrected chi connectivity index (χ0v) is 22.0. The van der Waals surface area contributed by atoms with Crippen molar-refractivity contribution in [1.29, 1.82) is 0 Å². The van der Waals surface area contributed by atoms with Crippen LogP contribution in [0.1, 0.15) is 78.1 Å². The molecule has 4 saturated carbocycles. The van der Waals surface area contributed by atoms with Gasteiger partial charge < -0.3 is 14.7 Å². The van der Waals surface area contributed by atoms with Gasteiger partial charge in [-0.3, -0.25) is 9.59 Å². The summed E-state index contributed by atoms with van der Waals surface area (Å²) < 4.78 is 11.8. The fourth-order valence-corrected chi connectivity index (χ4v) is 9.46. The van der Waals surface area contributed by atoms with Crippen molar-refractivity contribution in [2.75, 3.05) is 13.1 Å². The monoisotopic (exact) mass is 497 g/mol. The van der Waals surface area contributed by atoms with E-state index in [1.807, 2.05) is 0 Å². The fourth-order valence-electron chi connectivity index (χ4n) is 9.46. The highest BCUT2D eigenvalue weighted by Crippen LogP contribution is 2.58. The van der Waals surface area contributed by atoms with Crippen LogP contribution in [0, 0.1) is 46.3 Å². The second-order valence-corrected chi connectivity index (χ2v) is 13.7. The lowest BCUT2D eigenvalue weighted by Gasteiger charge is -2.50. The molecule has 0 amide bonds. The zero-order chi connectivity index (χ0) is 25.4. The van der Waals surface area contributed by atoms with Gasteiger partial charge in [0.1, 0.15) is 12.2 Å². The molecule has 6 rings (SSSR count). The average Bonchev–Trinajstić information content (AvgIpc) is 3.25. The van der Waals surface area contributed by atoms with Gasteiger partial charge >= 0.3 is 11.9 Å². The van der Waals surface area contributed by atoms with Crippen molar-refractivity contribution in [3.8, 4) is 0 Å². The third-order valence-corrected chi connectivity index (χ3v) is 11.5. The van der Waals surface area contributed by atoms with Crippen LogP contribution in [0.25, 0.3) is 0 Å². The maximum Gasteiger partial charge on any atom is 0.311 e. The summed E-state index contributed by atoms with van der Waals surface area (Å²) in [6.07, 6.45) is 10.2. The molecule has 198 valence electrons. The molecule has 0 aromatic heterocycles. The van der Waals surface area contributed by atoms with Crippen LogP contribution in [0.15, 0.2) is 24.3 Å². The minimum absolute atomic E-state index is 0.0720. The number of hydrogen-bond donors (Lipinski definition) is 1. The molecule has 6 fully saturated rings. The van der Waals surface area contributed by atoms with Gasteiger partial charge in [-0.25, -0.2) is 0 Å². The smallest absolute Gasteiger partial charge is 0.311 e. The summed E-state index contributed by atoms with van der Waals surface area (Å²) >= 11 is 0. The highest BCUT2D eigenvalue weighted by atomic mass is 16.6. The van der Waals surface area contributed by atoms with E-state index >= 15 is 0 Å². The summed E-state index contributed by atoms with van der Waals surface area (Å²) in [6.45, 7) is 13.8. The van der Waals surface area contributed by atoms with Gasteiger partial charge in [0.15, 0.2) is 0 Å². The van der Waals surface area contributed by atoms with E-state index in [-0.39, 0.29) is 71.7 Å². The first-order valence-electron chi connectivity index (χ1n) is 14.3. The first kappa shape index (κ1) is 24.7. The summed E-state index contributed by atoms with van der Waals surface area (Å²) in [7, 11) is 0. The van der Waals surface area contributed by atoms with Crippen molar-refractivity contribution in [1.82, 2.24) is 5.06 Å². The van der Waals surface area contributed by atoms with Gasteiger partial charge in [0, 0.05) is 24.9 Å². The molecule has 4 aliphatic carbocycles. The number of nitrogens with zero attached hydrogens (tertiary/aromatic N) is 1. The minimum atomic E-state index is -0.361. The number of carbonyl (C=O) groups excluding carboxylic acids is 2. The Kier molecular flexibility index (Phi) is 5.95. The topological polar surface area (TPSA) is 76.1 Å². The molecule has 6 nitrogen and oxygen atoms in total. The summed E-state index contributed by atoms with van der Waals surface area (Å²) in [4.78, 5) is 25.9. The number of hydrogen-bond acceptors (Lipinski definition) is 6. The maximum atomic E-state index is 12.9. The first-order valence-corrected chi connectivity index (χ1v) is 14.3. The van der Waals surface area contributed by atoms with Crippen molar-refractivity contribution in [2.24, 2.45) is 46.3 Å². The molecule has 36 heavy (non-hydrogen) atoms. The van der Waals surface area contributed by atoms with Crippen molar-refractivity contribution in [3.63, 3.8) is 0 Å². The lowest BCUT2D eigenvalue weighted by atomic mass is 9.55. The Morgan fingerprint density at radius 3 is 1.67 bits per heavy atom. The third kappa shape index (κ3) is 3.89. The molecule has 0 aromatic carbocycles. The van der Waals surface area contributed by atoms with Gasteiger partial charge in [0.25, 0.3) is 0 Å². The predicted octanol–water partition coefficient (Wildman–Crippen LogP) is 5.31. The molecule has 0 bridgehead atoms. The molecule has 1 N–H and O–H groups in total. The van der Waals surface area contributed by atoms with E-state index in [0.29, 0.717) is 11.8 Å². The number of hydroxylamine groups is 2. The van der Waals surface area contributed by atoms with Crippen LogP contribution < -0.4 is 0 Å². The molecule has 0 spiro atoms. The Bertz CT molecular complexity index is 900. The fraction of sp³-hybridized carbons (Fsp3) is 0.800. The van der Waals surface area contributed by atoms with E-state index in [4.69, 9.17) is 9.47 Å². The van der Waals surface area contributed by atoms with Gasteiger partial charge in [0.05, 0.1) is 11.8 Å². The van der Waals surface area contributed by atoms with E-state index in [0.717, 1.165) is 64.2 Å². The molecule has 2 aliphatic heterocycles. The minimum Gasteiger partial charge on any atom is -0.462 e. The van der Waals surface area contributed by atoms with Gasteiger partial charge in [-0.2, -0.15) is 5.06 Å². The Labute approximate surface area is 215 Å². The van der Waals surface area contributed by atoms with Crippen LogP contribution in [0.3, 0.4) is 0 Å². The summed E-state index contributed by atoms with van der Waals surface area (Å²) in [5.74, 6) is -0.0784. The summed E-state index contributed by atoms with van der Waals surface area (Å²) in [5.41, 5.74) is 2.95. The van der Waals surface area contributed by atoms with Crippen LogP contribution >= 0.6 is 0 Å². The van der Waals surface area contributed by atoms with Crippen molar-refractivity contribution in [2.45, 2.75) is 90.3 Å². The van der Waals surface area contributed by atoms with Gasteiger partial charge in [-0.15, -0.1) is 0 Å². The number of allylic oxidation sites excluding steroid dienone is 2. The molecule has 0 unspecified atom stereocenters. The van der Waals surface area contributed by atoms with Crippen molar-refractivity contribution < 1.29 is 24.3 Å². The van der Waals surface area contributed by atoms with Crippen LogP contribution in [-0.2, 0) is 19.1 Å². The highest BCUT2D eigenvalue weighted by molar-refractivity contribution is 5.76. The van der Waals surface area contributed by atoms with Crippen LogP contribution in [-0.4, -0.2) is 47.5 Å². The molecule has 2 saturated heterocycles. The molecule has 10 atom stereocenters. The second kappa shape index (κ2) is 8.69. The lowest BCUT2D eigenvalue weighted by molar-refractivity contribution is -0.155. The van der Waals surface area contributed by atoms with Crippen LogP contribution in [0.5, 0.6) is 0 Å². The number of fused-ring (bicyclic) bond motifs is 4. The maximum absolute atomic E-state index is 12.9. The highest BCUT2D eigenvalue weighted by Gasteiger charge is 2.57. The predicted molar refractivity (Wildman–Crippen MR) is 135 cm³/mol. The molecule has 0 radical (unpaired) electrons. The molecule has 2 heterocycles. The van der Waals surface area contributed by atoms with E-state index < -0.39 is 0 Å². The molecule has 6 aliphatic rings. The number of esters is 2. The third-order valence-electron chi connectivity index (χ3n) is 11.5. The number of carbonyl (C=O) groups is 2. The normalized spacial score (nSPS) is 48.1. The quantitative estimate of drug-likeness (QED) is 0.322. The van der Waals surface area contributed by atoms with Crippen molar-refractivity contribution >= 4 is 11.9 Å². The molecule has 0 aromatic rings. The van der Waals surface area contributed by atoms with Gasteiger partial charge in [0.2, 0.25) is 0 Å². The van der Waals surface area contributed by atoms with Crippen molar-refractivity contribution in [3.05, 3.63) is 24.3 Å². The standard InChI is InChI=1S/C30H43NO5/c1-17-7-5-9-29(3)13-25-19(11-23(17)29)21(27(32)35-25)15-31(34)16-22-20-12-24-18(2)8-6-10-30(24,4)14-26(20)36-28(22)33/h19-26,34H,1-2,5-16H2,3-4H3/t19-,20-,21-,22+,23-,24+,25+,26-,29+,30-/m0/s1. The Balaban J connectivity index is 1.13. The average molecular weight is 498 g/mol. The summed E-state index contributed by atoms with van der Waals surface area (Å²) in [6, 6.07) is 0.